The van der Waals surface area contributed by atoms with E-state index >= 15 is 0 Å². The molecule has 1 N–H and O–H groups in total. The molecule has 5 heteroatoms. The van der Waals surface area contributed by atoms with E-state index in [1.165, 1.54) is 0 Å². The van der Waals surface area contributed by atoms with Gasteiger partial charge in [0.05, 0.1) is 6.54 Å². The summed E-state index contributed by atoms with van der Waals surface area (Å²) in [6.07, 6.45) is 4.41. The van der Waals surface area contributed by atoms with Crippen molar-refractivity contribution in [2.24, 2.45) is 5.41 Å². The Kier molecular flexibility index (Phi) is 3.99. The van der Waals surface area contributed by atoms with Gasteiger partial charge in [-0.15, -0.1) is 11.6 Å². The van der Waals surface area contributed by atoms with Crippen LogP contribution in [0.5, 0.6) is 0 Å². The number of nitrogens with zero attached hydrogens (tertiary/aromatic N) is 2. The molecule has 1 aliphatic heterocycles. The first kappa shape index (κ1) is 13.8. The molecule has 1 heterocycles. The van der Waals surface area contributed by atoms with Gasteiger partial charge in [-0.05, 0) is 6.92 Å². The third-order valence-corrected chi connectivity index (χ3v) is 4.76. The molecule has 0 saturated carbocycles. The Morgan fingerprint density at radius 1 is 1.50 bits per heavy atom. The number of aliphatic carboxylic acids is 1. The molecule has 1 unspecified atom stereocenters. The SMILES string of the molecule is C[C@@H](Cl)[C@@]1(C)C=CC1N1CCN(CC(=O)O)CC1. The summed E-state index contributed by atoms with van der Waals surface area (Å²) in [6.45, 7) is 7.87. The normalized spacial score (nSPS) is 35.2. The van der Waals surface area contributed by atoms with E-state index in [0.717, 1.165) is 26.2 Å². The molecule has 3 atom stereocenters. The average molecular weight is 273 g/mol. The van der Waals surface area contributed by atoms with Crippen LogP contribution in [-0.2, 0) is 4.79 Å². The van der Waals surface area contributed by atoms with E-state index in [9.17, 15) is 4.79 Å². The van der Waals surface area contributed by atoms with Crippen molar-refractivity contribution in [3.05, 3.63) is 12.2 Å². The summed E-state index contributed by atoms with van der Waals surface area (Å²) >= 11 is 6.27. The Morgan fingerprint density at radius 2 is 2.11 bits per heavy atom. The number of halogens is 1. The molecule has 102 valence electrons. The number of alkyl halides is 1. The second-order valence-electron chi connectivity index (χ2n) is 5.49. The first-order valence-corrected chi connectivity index (χ1v) is 6.89. The zero-order valence-corrected chi connectivity index (χ0v) is 11.7. The van der Waals surface area contributed by atoms with Crippen molar-refractivity contribution >= 4 is 17.6 Å². The number of rotatable bonds is 4. The maximum absolute atomic E-state index is 10.7. The largest absolute Gasteiger partial charge is 0.480 e. The highest BCUT2D eigenvalue weighted by molar-refractivity contribution is 6.21. The van der Waals surface area contributed by atoms with E-state index in [1.54, 1.807) is 0 Å². The highest BCUT2D eigenvalue weighted by atomic mass is 35.5. The average Bonchev–Trinajstić information content (AvgIpc) is 2.28. The van der Waals surface area contributed by atoms with E-state index in [2.05, 4.69) is 24.0 Å². The van der Waals surface area contributed by atoms with Gasteiger partial charge in [0.15, 0.2) is 0 Å². The zero-order valence-electron chi connectivity index (χ0n) is 11.0. The van der Waals surface area contributed by atoms with E-state index in [0.29, 0.717) is 6.04 Å². The maximum Gasteiger partial charge on any atom is 0.317 e. The highest BCUT2D eigenvalue weighted by Gasteiger charge is 2.44. The van der Waals surface area contributed by atoms with Crippen LogP contribution in [0.1, 0.15) is 13.8 Å². The number of carboxylic acids is 1. The monoisotopic (exact) mass is 272 g/mol. The Labute approximate surface area is 113 Å². The predicted molar refractivity (Wildman–Crippen MR) is 72.0 cm³/mol. The summed E-state index contributed by atoms with van der Waals surface area (Å²) in [7, 11) is 0. The van der Waals surface area contributed by atoms with Crippen LogP contribution in [0.15, 0.2) is 12.2 Å². The molecule has 0 amide bonds. The van der Waals surface area contributed by atoms with Crippen LogP contribution in [0.4, 0.5) is 0 Å². The molecule has 0 radical (unpaired) electrons. The number of carboxylic acid groups (broad SMARTS) is 1. The van der Waals surface area contributed by atoms with Crippen LogP contribution < -0.4 is 0 Å². The van der Waals surface area contributed by atoms with Crippen molar-refractivity contribution in [3.8, 4) is 0 Å². The lowest BCUT2D eigenvalue weighted by molar-refractivity contribution is -0.138. The molecule has 0 aromatic heterocycles. The van der Waals surface area contributed by atoms with E-state index < -0.39 is 5.97 Å². The van der Waals surface area contributed by atoms with Gasteiger partial charge in [0.25, 0.3) is 0 Å². The fourth-order valence-electron chi connectivity index (χ4n) is 2.76. The molecular formula is C13H21ClN2O2. The standard InChI is InChI=1S/C13H21ClN2O2/c1-10(14)13(2)4-3-11(13)16-7-5-15(6-8-16)9-12(17)18/h3-4,10-11H,5-9H2,1-2H3,(H,17,18)/t10-,11?,13-/m1/s1. The second kappa shape index (κ2) is 5.19. The summed E-state index contributed by atoms with van der Waals surface area (Å²) < 4.78 is 0. The minimum absolute atomic E-state index is 0.0521. The zero-order chi connectivity index (χ0) is 13.3. The van der Waals surface area contributed by atoms with Gasteiger partial charge in [-0.2, -0.15) is 0 Å². The second-order valence-corrected chi connectivity index (χ2v) is 6.15. The predicted octanol–water partition coefficient (Wildman–Crippen LogP) is 1.26. The van der Waals surface area contributed by atoms with Crippen LogP contribution in [0.3, 0.4) is 0 Å². The molecule has 0 aromatic carbocycles. The summed E-state index contributed by atoms with van der Waals surface area (Å²) in [5.41, 5.74) is 0.0521. The molecule has 0 aromatic rings. The lowest BCUT2D eigenvalue weighted by Gasteiger charge is -2.50. The van der Waals surface area contributed by atoms with E-state index in [-0.39, 0.29) is 17.3 Å². The number of piperazine rings is 1. The summed E-state index contributed by atoms with van der Waals surface area (Å²) in [5, 5.41) is 8.89. The van der Waals surface area contributed by atoms with Gasteiger partial charge in [0, 0.05) is 43.0 Å². The van der Waals surface area contributed by atoms with Gasteiger partial charge in [-0.25, -0.2) is 0 Å². The molecule has 18 heavy (non-hydrogen) atoms. The van der Waals surface area contributed by atoms with Crippen molar-refractivity contribution in [1.82, 2.24) is 9.80 Å². The van der Waals surface area contributed by atoms with E-state index in [1.807, 2.05) is 11.8 Å². The molecular weight excluding hydrogens is 252 g/mol. The van der Waals surface area contributed by atoms with Gasteiger partial charge >= 0.3 is 5.97 Å². The van der Waals surface area contributed by atoms with Crippen molar-refractivity contribution in [2.45, 2.75) is 25.3 Å². The Balaban J connectivity index is 1.88. The molecule has 1 fully saturated rings. The Hall–Kier alpha value is -0.580. The minimum atomic E-state index is -0.744. The molecule has 4 nitrogen and oxygen atoms in total. The highest BCUT2D eigenvalue weighted by Crippen LogP contribution is 2.42. The topological polar surface area (TPSA) is 43.8 Å². The van der Waals surface area contributed by atoms with Gasteiger partial charge < -0.3 is 5.11 Å². The number of carbonyl (C=O) groups is 1. The minimum Gasteiger partial charge on any atom is -0.480 e. The molecule has 2 aliphatic rings. The Bertz CT molecular complexity index is 351. The van der Waals surface area contributed by atoms with Crippen LogP contribution in [0.25, 0.3) is 0 Å². The fraction of sp³-hybridized carbons (Fsp3) is 0.769. The smallest absolute Gasteiger partial charge is 0.317 e. The summed E-state index contributed by atoms with van der Waals surface area (Å²) in [5.74, 6) is -0.744. The molecule has 1 aliphatic carbocycles. The quantitative estimate of drug-likeness (QED) is 0.618. The summed E-state index contributed by atoms with van der Waals surface area (Å²) in [6, 6.07) is 0.400. The molecule has 1 saturated heterocycles. The lowest BCUT2D eigenvalue weighted by atomic mass is 9.70. The van der Waals surface area contributed by atoms with Crippen LogP contribution in [-0.4, -0.2) is 65.0 Å². The molecule has 0 bridgehead atoms. The van der Waals surface area contributed by atoms with Gasteiger partial charge in [-0.3, -0.25) is 14.6 Å². The first-order valence-electron chi connectivity index (χ1n) is 6.45. The van der Waals surface area contributed by atoms with Crippen molar-refractivity contribution in [3.63, 3.8) is 0 Å². The molecule has 2 rings (SSSR count). The fourth-order valence-corrected chi connectivity index (χ4v) is 2.96. The third-order valence-electron chi connectivity index (χ3n) is 4.29. The first-order chi connectivity index (χ1) is 8.43. The summed E-state index contributed by atoms with van der Waals surface area (Å²) in [4.78, 5) is 15.1. The van der Waals surface area contributed by atoms with Crippen LogP contribution in [0, 0.1) is 5.41 Å². The van der Waals surface area contributed by atoms with Crippen molar-refractivity contribution < 1.29 is 9.90 Å². The van der Waals surface area contributed by atoms with Crippen LogP contribution >= 0.6 is 11.6 Å². The van der Waals surface area contributed by atoms with Gasteiger partial charge in [0.1, 0.15) is 0 Å². The van der Waals surface area contributed by atoms with Gasteiger partial charge in [0.2, 0.25) is 0 Å². The number of hydrogen-bond acceptors (Lipinski definition) is 3. The van der Waals surface area contributed by atoms with Crippen molar-refractivity contribution in [2.75, 3.05) is 32.7 Å². The molecule has 0 spiro atoms. The number of hydrogen-bond donors (Lipinski definition) is 1. The van der Waals surface area contributed by atoms with Crippen molar-refractivity contribution in [1.29, 1.82) is 0 Å². The maximum atomic E-state index is 10.7. The van der Waals surface area contributed by atoms with Gasteiger partial charge in [-0.1, -0.05) is 19.1 Å². The van der Waals surface area contributed by atoms with E-state index in [4.69, 9.17) is 16.7 Å². The third kappa shape index (κ3) is 2.56. The van der Waals surface area contributed by atoms with Crippen LogP contribution in [0.2, 0.25) is 0 Å². The lowest BCUT2D eigenvalue weighted by Crippen LogP contribution is -2.58. The Morgan fingerprint density at radius 3 is 2.50 bits per heavy atom.